The Bertz CT molecular complexity index is 1270. The van der Waals surface area contributed by atoms with Crippen LogP contribution >= 0.6 is 0 Å². The number of aryl methyl sites for hydroxylation is 1. The highest BCUT2D eigenvalue weighted by Gasteiger charge is 2.44. The molecule has 1 fully saturated rings. The standard InChI is InChI=1S/C30H33N3O4/c1-4-32(5-2)16-17-33-27(23-12-9-15-31-19-23)26(29(35)30(33)36)28(34)25-14-13-24(18-21(25)3)37-20-22-10-7-6-8-11-22/h6-15,18-19,27,34H,4-5,16-17,20H2,1-3H3. The number of likely N-dealkylation sites (N-methyl/N-ethyl adjacent to an activating group) is 1. The molecule has 1 unspecified atom stereocenters. The summed E-state index contributed by atoms with van der Waals surface area (Å²) in [5, 5.41) is 13.8. The van der Waals surface area contributed by atoms with Crippen LogP contribution in [0.25, 0.3) is 5.76 Å². The maximum atomic E-state index is 13.8. The minimum absolute atomic E-state index is 0.0198. The molecule has 7 heteroatoms. The Balaban J connectivity index is 1.67. The van der Waals surface area contributed by atoms with Crippen LogP contribution in [0.5, 0.6) is 5.75 Å². The first-order chi connectivity index (χ1) is 17.9. The quantitative estimate of drug-likeness (QED) is 0.262. The first-order valence-corrected chi connectivity index (χ1v) is 12.7. The molecule has 1 aromatic heterocycles. The molecule has 192 valence electrons. The topological polar surface area (TPSA) is 87.0 Å². The molecule has 4 rings (SSSR count). The van der Waals surface area contributed by atoms with Gasteiger partial charge >= 0.3 is 0 Å². The third-order valence-electron chi connectivity index (χ3n) is 6.93. The predicted molar refractivity (Wildman–Crippen MR) is 139 cm³/mol. The van der Waals surface area contributed by atoms with Crippen molar-refractivity contribution in [1.29, 1.82) is 0 Å². The fourth-order valence-electron chi connectivity index (χ4n) is 4.73. The summed E-state index contributed by atoms with van der Waals surface area (Å²) in [6.45, 7) is 9.29. The van der Waals surface area contributed by atoms with Gasteiger partial charge in [-0.1, -0.05) is 48.2 Å². The Hall–Kier alpha value is -3.97. The van der Waals surface area contributed by atoms with Crippen molar-refractivity contribution in [2.75, 3.05) is 26.2 Å². The first kappa shape index (κ1) is 26.1. The van der Waals surface area contributed by atoms with Gasteiger partial charge in [-0.3, -0.25) is 14.6 Å². The summed E-state index contributed by atoms with van der Waals surface area (Å²) in [5.41, 5.74) is 2.73. The summed E-state index contributed by atoms with van der Waals surface area (Å²) in [5.74, 6) is -1.18. The van der Waals surface area contributed by atoms with Crippen LogP contribution in [-0.2, 0) is 16.2 Å². The number of likely N-dealkylation sites (tertiary alicyclic amines) is 1. The zero-order chi connectivity index (χ0) is 26.4. The fraction of sp³-hybridized carbons (Fsp3) is 0.300. The van der Waals surface area contributed by atoms with Crippen molar-refractivity contribution >= 4 is 17.4 Å². The molecule has 0 bridgehead atoms. The SMILES string of the molecule is CC[NH+](CC)CCN1C(=O)C(=O)C(=C([O-])c2ccc(OCc3ccccc3)cc2C)C1c1cccnc1. The number of nitrogens with zero attached hydrogens (tertiary/aromatic N) is 2. The maximum absolute atomic E-state index is 13.8. The average molecular weight is 500 g/mol. The number of carbonyl (C=O) groups is 2. The van der Waals surface area contributed by atoms with E-state index in [1.807, 2.05) is 43.3 Å². The molecule has 1 atom stereocenters. The van der Waals surface area contributed by atoms with Crippen LogP contribution in [0.4, 0.5) is 0 Å². The smallest absolute Gasteiger partial charge is 0.295 e. The maximum Gasteiger partial charge on any atom is 0.295 e. The van der Waals surface area contributed by atoms with Crippen LogP contribution in [0, 0.1) is 6.92 Å². The number of quaternary nitrogens is 1. The second-order valence-corrected chi connectivity index (χ2v) is 9.22. The van der Waals surface area contributed by atoms with Gasteiger partial charge in [-0.15, -0.1) is 0 Å². The lowest BCUT2D eigenvalue weighted by Crippen LogP contribution is -3.12. The minimum Gasteiger partial charge on any atom is -0.872 e. The minimum atomic E-state index is -0.760. The Morgan fingerprint density at radius 1 is 1.05 bits per heavy atom. The molecule has 1 N–H and O–H groups in total. The largest absolute Gasteiger partial charge is 0.872 e. The molecule has 2 heterocycles. The van der Waals surface area contributed by atoms with Gasteiger partial charge in [0.2, 0.25) is 5.78 Å². The molecule has 0 radical (unpaired) electrons. The molecule has 37 heavy (non-hydrogen) atoms. The zero-order valence-corrected chi connectivity index (χ0v) is 21.6. The molecule has 0 aliphatic carbocycles. The van der Waals surface area contributed by atoms with Crippen LogP contribution in [0.1, 0.15) is 42.1 Å². The van der Waals surface area contributed by atoms with Crippen LogP contribution < -0.4 is 14.7 Å². The van der Waals surface area contributed by atoms with Crippen LogP contribution in [0.15, 0.2) is 78.6 Å². The van der Waals surface area contributed by atoms with Crippen molar-refractivity contribution in [2.24, 2.45) is 0 Å². The predicted octanol–water partition coefficient (Wildman–Crippen LogP) is 2.12. The second-order valence-electron chi connectivity index (χ2n) is 9.22. The summed E-state index contributed by atoms with van der Waals surface area (Å²) in [7, 11) is 0. The number of rotatable bonds is 10. The van der Waals surface area contributed by atoms with Crippen LogP contribution in [0.2, 0.25) is 0 Å². The van der Waals surface area contributed by atoms with Gasteiger partial charge in [0, 0.05) is 18.0 Å². The molecule has 1 amide bonds. The molecule has 2 aromatic carbocycles. The molecule has 0 saturated carbocycles. The van der Waals surface area contributed by atoms with Gasteiger partial charge in [0.15, 0.2) is 0 Å². The van der Waals surface area contributed by atoms with E-state index in [-0.39, 0.29) is 5.57 Å². The number of ether oxygens (including phenoxy) is 1. The summed E-state index contributed by atoms with van der Waals surface area (Å²) in [4.78, 5) is 33.4. The number of benzene rings is 2. The van der Waals surface area contributed by atoms with Crippen molar-refractivity contribution < 1.29 is 24.3 Å². The van der Waals surface area contributed by atoms with Gasteiger partial charge in [0.05, 0.1) is 32.2 Å². The van der Waals surface area contributed by atoms with Gasteiger partial charge in [-0.05, 0) is 61.2 Å². The normalized spacial score (nSPS) is 17.0. The Kier molecular flexibility index (Phi) is 8.36. The van der Waals surface area contributed by atoms with Gasteiger partial charge < -0.3 is 19.6 Å². The van der Waals surface area contributed by atoms with Crippen molar-refractivity contribution in [1.82, 2.24) is 9.88 Å². The second kappa shape index (κ2) is 11.8. The summed E-state index contributed by atoms with van der Waals surface area (Å²) in [6, 6.07) is 17.8. The molecular weight excluding hydrogens is 466 g/mol. The molecule has 1 aliphatic heterocycles. The van der Waals surface area contributed by atoms with Crippen molar-refractivity contribution in [3.05, 3.63) is 101 Å². The lowest BCUT2D eigenvalue weighted by Gasteiger charge is -2.28. The van der Waals surface area contributed by atoms with E-state index in [1.165, 1.54) is 9.80 Å². The highest BCUT2D eigenvalue weighted by atomic mass is 16.5. The number of nitrogens with one attached hydrogen (secondary N) is 1. The molecule has 1 saturated heterocycles. The third-order valence-corrected chi connectivity index (χ3v) is 6.93. The molecule has 7 nitrogen and oxygen atoms in total. The van der Waals surface area contributed by atoms with Gasteiger partial charge in [0.25, 0.3) is 5.91 Å². The van der Waals surface area contributed by atoms with Gasteiger partial charge in [0.1, 0.15) is 12.4 Å². The Labute approximate surface area is 218 Å². The van der Waals surface area contributed by atoms with E-state index in [0.717, 1.165) is 18.7 Å². The molecular formula is C30H33N3O4. The lowest BCUT2D eigenvalue weighted by atomic mass is 9.94. The van der Waals surface area contributed by atoms with E-state index in [4.69, 9.17) is 4.74 Å². The number of Topliss-reactive ketones (excluding diaryl/α,β-unsaturated/α-hetero) is 1. The molecule has 1 aliphatic rings. The van der Waals surface area contributed by atoms with Gasteiger partial charge in [-0.2, -0.15) is 0 Å². The first-order valence-electron chi connectivity index (χ1n) is 12.7. The van der Waals surface area contributed by atoms with E-state index < -0.39 is 23.5 Å². The summed E-state index contributed by atoms with van der Waals surface area (Å²) < 4.78 is 5.90. The molecule has 0 spiro atoms. The number of hydrogen-bond donors (Lipinski definition) is 1. The summed E-state index contributed by atoms with van der Waals surface area (Å²) in [6.07, 6.45) is 3.25. The lowest BCUT2D eigenvalue weighted by molar-refractivity contribution is -0.895. The van der Waals surface area contributed by atoms with Crippen molar-refractivity contribution in [3.8, 4) is 5.75 Å². The third kappa shape index (κ3) is 5.73. The van der Waals surface area contributed by atoms with Crippen molar-refractivity contribution in [3.63, 3.8) is 0 Å². The number of pyridine rings is 1. The van der Waals surface area contributed by atoms with Crippen LogP contribution in [0.3, 0.4) is 0 Å². The van der Waals surface area contributed by atoms with E-state index in [0.29, 0.717) is 42.1 Å². The van der Waals surface area contributed by atoms with E-state index >= 15 is 0 Å². The Morgan fingerprint density at radius 3 is 2.46 bits per heavy atom. The number of amides is 1. The zero-order valence-electron chi connectivity index (χ0n) is 21.6. The van der Waals surface area contributed by atoms with E-state index in [9.17, 15) is 14.7 Å². The highest BCUT2D eigenvalue weighted by molar-refractivity contribution is 6.46. The number of ketones is 1. The average Bonchev–Trinajstić information content (AvgIpc) is 3.18. The van der Waals surface area contributed by atoms with Crippen molar-refractivity contribution in [2.45, 2.75) is 33.4 Å². The molecule has 3 aromatic rings. The van der Waals surface area contributed by atoms with E-state index in [2.05, 4.69) is 18.8 Å². The number of hydrogen-bond acceptors (Lipinski definition) is 5. The Morgan fingerprint density at radius 2 is 1.81 bits per heavy atom. The monoisotopic (exact) mass is 499 g/mol. The number of aromatic nitrogens is 1. The highest BCUT2D eigenvalue weighted by Crippen LogP contribution is 2.38. The van der Waals surface area contributed by atoms with Crippen LogP contribution in [-0.4, -0.2) is 47.8 Å². The van der Waals surface area contributed by atoms with E-state index in [1.54, 1.807) is 36.7 Å². The summed E-state index contributed by atoms with van der Waals surface area (Å²) >= 11 is 0. The number of carbonyl (C=O) groups excluding carboxylic acids is 2. The van der Waals surface area contributed by atoms with Gasteiger partial charge in [-0.25, -0.2) is 0 Å². The fourth-order valence-corrected chi connectivity index (χ4v) is 4.73.